The molecule has 0 saturated carbocycles. The predicted molar refractivity (Wildman–Crippen MR) is 62.9 cm³/mol. The maximum Gasteiger partial charge on any atom is 0.256 e. The second-order valence-electron chi connectivity index (χ2n) is 3.38. The Balaban J connectivity index is 2.21. The third kappa shape index (κ3) is 2.60. The summed E-state index contributed by atoms with van der Waals surface area (Å²) in [4.78, 5) is 19.2. The second-order valence-corrected chi connectivity index (χ2v) is 3.38. The highest BCUT2D eigenvalue weighted by atomic mass is 19.1. The summed E-state index contributed by atoms with van der Waals surface area (Å²) >= 11 is 0. The molecule has 6 heteroatoms. The van der Waals surface area contributed by atoms with E-state index in [0.29, 0.717) is 11.6 Å². The fourth-order valence-corrected chi connectivity index (χ4v) is 1.39. The van der Waals surface area contributed by atoms with E-state index in [0.717, 1.165) is 6.07 Å². The van der Waals surface area contributed by atoms with Gasteiger partial charge in [-0.05, 0) is 18.2 Å². The molecule has 1 amide bonds. The van der Waals surface area contributed by atoms with E-state index in [1.807, 2.05) is 0 Å². The Morgan fingerprint density at radius 1 is 1.33 bits per heavy atom. The first-order valence-corrected chi connectivity index (χ1v) is 5.12. The Hall–Kier alpha value is -2.50. The van der Waals surface area contributed by atoms with Gasteiger partial charge in [0.1, 0.15) is 5.69 Å². The monoisotopic (exact) mass is 247 g/mol. The number of halogens is 1. The smallest absolute Gasteiger partial charge is 0.256 e. The van der Waals surface area contributed by atoms with Crippen molar-refractivity contribution in [2.45, 2.75) is 0 Å². The van der Waals surface area contributed by atoms with Gasteiger partial charge >= 0.3 is 0 Å². The highest BCUT2D eigenvalue weighted by Gasteiger charge is 2.10. The van der Waals surface area contributed by atoms with E-state index < -0.39 is 11.9 Å². The number of pyridine rings is 2. The number of hydrogen-bond acceptors (Lipinski definition) is 4. The van der Waals surface area contributed by atoms with Crippen molar-refractivity contribution in [2.75, 3.05) is 12.4 Å². The maximum absolute atomic E-state index is 12.9. The molecule has 0 atom stereocenters. The van der Waals surface area contributed by atoms with E-state index in [1.165, 1.54) is 19.4 Å². The molecule has 0 aromatic carbocycles. The number of methoxy groups -OCH3 is 1. The van der Waals surface area contributed by atoms with Crippen LogP contribution >= 0.6 is 0 Å². The van der Waals surface area contributed by atoms with Crippen molar-refractivity contribution in [3.05, 3.63) is 48.2 Å². The first-order chi connectivity index (χ1) is 8.70. The molecule has 0 unspecified atom stereocenters. The molecular formula is C12H10FN3O2. The molecule has 0 radical (unpaired) electrons. The summed E-state index contributed by atoms with van der Waals surface area (Å²) in [6.45, 7) is 0. The molecule has 2 aromatic rings. The van der Waals surface area contributed by atoms with Crippen LogP contribution in [-0.2, 0) is 0 Å². The van der Waals surface area contributed by atoms with Crippen molar-refractivity contribution in [3.63, 3.8) is 0 Å². The Morgan fingerprint density at radius 3 is 2.89 bits per heavy atom. The Bertz CT molecular complexity index is 575. The average molecular weight is 247 g/mol. The Labute approximate surface area is 103 Å². The number of hydrogen-bond donors (Lipinski definition) is 1. The van der Waals surface area contributed by atoms with Crippen LogP contribution in [0.25, 0.3) is 0 Å². The maximum atomic E-state index is 12.9. The normalized spacial score (nSPS) is 9.89. The highest BCUT2D eigenvalue weighted by molar-refractivity contribution is 6.04. The Morgan fingerprint density at radius 2 is 2.17 bits per heavy atom. The largest absolute Gasteiger partial charge is 0.480 e. The summed E-state index contributed by atoms with van der Waals surface area (Å²) in [5, 5.41) is 2.58. The molecule has 18 heavy (non-hydrogen) atoms. The van der Waals surface area contributed by atoms with Gasteiger partial charge in [0, 0.05) is 24.0 Å². The number of carbonyl (C=O) groups is 1. The molecule has 5 nitrogen and oxygen atoms in total. The highest BCUT2D eigenvalue weighted by Crippen LogP contribution is 2.20. The lowest BCUT2D eigenvalue weighted by atomic mass is 10.2. The van der Waals surface area contributed by atoms with Crippen molar-refractivity contribution >= 4 is 11.6 Å². The number of ether oxygens (including phenoxy) is 1. The molecule has 0 spiro atoms. The Kier molecular flexibility index (Phi) is 3.47. The van der Waals surface area contributed by atoms with E-state index in [-0.39, 0.29) is 5.56 Å². The van der Waals surface area contributed by atoms with Gasteiger partial charge in [-0.3, -0.25) is 4.79 Å². The zero-order valence-electron chi connectivity index (χ0n) is 9.55. The fraction of sp³-hybridized carbons (Fsp3) is 0.0833. The number of aromatic nitrogens is 2. The SMILES string of the molecule is COc1ncccc1NC(=O)c1ccnc(F)c1. The first-order valence-electron chi connectivity index (χ1n) is 5.12. The zero-order valence-corrected chi connectivity index (χ0v) is 9.55. The van der Waals surface area contributed by atoms with E-state index in [1.54, 1.807) is 18.3 Å². The number of nitrogens with one attached hydrogen (secondary N) is 1. The summed E-state index contributed by atoms with van der Waals surface area (Å²) in [5.41, 5.74) is 0.593. The summed E-state index contributed by atoms with van der Waals surface area (Å²) < 4.78 is 17.9. The van der Waals surface area contributed by atoms with E-state index in [9.17, 15) is 9.18 Å². The molecule has 0 fully saturated rings. The number of amides is 1. The van der Waals surface area contributed by atoms with Crippen molar-refractivity contribution in [3.8, 4) is 5.88 Å². The van der Waals surface area contributed by atoms with Crippen LogP contribution in [0.2, 0.25) is 0 Å². The lowest BCUT2D eigenvalue weighted by Crippen LogP contribution is -2.13. The zero-order chi connectivity index (χ0) is 13.0. The molecule has 0 aliphatic rings. The molecule has 2 heterocycles. The molecule has 2 aromatic heterocycles. The number of carbonyl (C=O) groups excluding carboxylic acids is 1. The quantitative estimate of drug-likeness (QED) is 0.841. The minimum atomic E-state index is -0.708. The van der Waals surface area contributed by atoms with E-state index in [2.05, 4.69) is 15.3 Å². The van der Waals surface area contributed by atoms with Gasteiger partial charge in [-0.15, -0.1) is 0 Å². The summed E-state index contributed by atoms with van der Waals surface area (Å²) in [6.07, 6.45) is 2.77. The minimum absolute atomic E-state index is 0.174. The van der Waals surface area contributed by atoms with Gasteiger partial charge in [0.15, 0.2) is 0 Å². The van der Waals surface area contributed by atoms with Gasteiger partial charge in [0.05, 0.1) is 7.11 Å². The molecule has 0 saturated heterocycles. The number of anilines is 1. The van der Waals surface area contributed by atoms with Crippen molar-refractivity contribution in [1.82, 2.24) is 9.97 Å². The molecule has 2 rings (SSSR count). The molecule has 0 aliphatic carbocycles. The van der Waals surface area contributed by atoms with Gasteiger partial charge in [0.25, 0.3) is 5.91 Å². The van der Waals surface area contributed by atoms with Crippen LogP contribution < -0.4 is 10.1 Å². The first kappa shape index (κ1) is 12.0. The lowest BCUT2D eigenvalue weighted by Gasteiger charge is -2.08. The predicted octanol–water partition coefficient (Wildman–Crippen LogP) is 1.88. The third-order valence-electron chi connectivity index (χ3n) is 2.20. The molecule has 0 bridgehead atoms. The second kappa shape index (κ2) is 5.22. The standard InChI is InChI=1S/C12H10FN3O2/c1-18-12-9(3-2-5-15-12)16-11(17)8-4-6-14-10(13)7-8/h2-7H,1H3,(H,16,17). The fourth-order valence-electron chi connectivity index (χ4n) is 1.39. The van der Waals surface area contributed by atoms with Crippen LogP contribution in [0.5, 0.6) is 5.88 Å². The number of rotatable bonds is 3. The van der Waals surface area contributed by atoms with Crippen LogP contribution in [-0.4, -0.2) is 23.0 Å². The van der Waals surface area contributed by atoms with E-state index >= 15 is 0 Å². The summed E-state index contributed by atoms with van der Waals surface area (Å²) in [5.74, 6) is -0.872. The van der Waals surface area contributed by atoms with Crippen LogP contribution in [0.15, 0.2) is 36.7 Å². The van der Waals surface area contributed by atoms with Gasteiger partial charge < -0.3 is 10.1 Å². The molecule has 0 aliphatic heterocycles. The van der Waals surface area contributed by atoms with Crippen LogP contribution in [0.1, 0.15) is 10.4 Å². The van der Waals surface area contributed by atoms with Crippen LogP contribution in [0, 0.1) is 5.95 Å². The van der Waals surface area contributed by atoms with Gasteiger partial charge in [-0.2, -0.15) is 4.39 Å². The number of nitrogens with zero attached hydrogens (tertiary/aromatic N) is 2. The van der Waals surface area contributed by atoms with Gasteiger partial charge in [0.2, 0.25) is 11.8 Å². The summed E-state index contributed by atoms with van der Waals surface area (Å²) in [6, 6.07) is 5.77. The van der Waals surface area contributed by atoms with Gasteiger partial charge in [-0.1, -0.05) is 0 Å². The van der Waals surface area contributed by atoms with Crippen LogP contribution in [0.3, 0.4) is 0 Å². The van der Waals surface area contributed by atoms with Crippen molar-refractivity contribution < 1.29 is 13.9 Å². The minimum Gasteiger partial charge on any atom is -0.480 e. The van der Waals surface area contributed by atoms with Crippen LogP contribution in [0.4, 0.5) is 10.1 Å². The van der Waals surface area contributed by atoms with Crippen molar-refractivity contribution in [1.29, 1.82) is 0 Å². The topological polar surface area (TPSA) is 64.1 Å². The van der Waals surface area contributed by atoms with Gasteiger partial charge in [-0.25, -0.2) is 9.97 Å². The third-order valence-corrected chi connectivity index (χ3v) is 2.20. The molecular weight excluding hydrogens is 237 g/mol. The molecule has 92 valence electrons. The van der Waals surface area contributed by atoms with Crippen molar-refractivity contribution in [2.24, 2.45) is 0 Å². The molecule has 1 N–H and O–H groups in total. The average Bonchev–Trinajstić information content (AvgIpc) is 2.39. The summed E-state index contributed by atoms with van der Waals surface area (Å²) in [7, 11) is 1.45. The lowest BCUT2D eigenvalue weighted by molar-refractivity contribution is 0.102. The van der Waals surface area contributed by atoms with E-state index in [4.69, 9.17) is 4.74 Å².